The maximum atomic E-state index is 11.9. The standard InChI is InChI=1S/C13H10Cl2N2O.ClH/c14-9-5-8(6-10(15)7-9)13(18)17-12-3-1-11(16)2-4-12;/h1-7H,16H2,(H,17,18);1H. The summed E-state index contributed by atoms with van der Waals surface area (Å²) in [5.74, 6) is -0.274. The molecule has 6 heteroatoms. The van der Waals surface area contributed by atoms with Crippen LogP contribution >= 0.6 is 35.6 Å². The zero-order valence-electron chi connectivity index (χ0n) is 9.69. The van der Waals surface area contributed by atoms with E-state index in [2.05, 4.69) is 5.32 Å². The van der Waals surface area contributed by atoms with Crippen molar-refractivity contribution in [1.29, 1.82) is 0 Å². The van der Waals surface area contributed by atoms with Crippen molar-refractivity contribution in [3.63, 3.8) is 0 Å². The number of nitrogens with two attached hydrogens (primary N) is 1. The Labute approximate surface area is 127 Å². The van der Waals surface area contributed by atoms with E-state index in [1.165, 1.54) is 0 Å². The van der Waals surface area contributed by atoms with E-state index in [0.29, 0.717) is 27.0 Å². The highest BCUT2D eigenvalue weighted by Crippen LogP contribution is 2.20. The molecule has 0 heterocycles. The minimum Gasteiger partial charge on any atom is -0.399 e. The number of amides is 1. The first kappa shape index (κ1) is 15.6. The van der Waals surface area contributed by atoms with Gasteiger partial charge in [0.2, 0.25) is 0 Å². The van der Waals surface area contributed by atoms with Gasteiger partial charge in [-0.05, 0) is 42.5 Å². The first-order valence-electron chi connectivity index (χ1n) is 5.17. The van der Waals surface area contributed by atoms with Gasteiger partial charge in [-0.25, -0.2) is 0 Å². The van der Waals surface area contributed by atoms with Crippen LogP contribution in [-0.2, 0) is 0 Å². The van der Waals surface area contributed by atoms with E-state index in [-0.39, 0.29) is 18.3 Å². The van der Waals surface area contributed by atoms with Gasteiger partial charge in [-0.15, -0.1) is 12.4 Å². The molecule has 100 valence electrons. The molecule has 19 heavy (non-hydrogen) atoms. The lowest BCUT2D eigenvalue weighted by atomic mass is 10.2. The number of carbonyl (C=O) groups is 1. The summed E-state index contributed by atoms with van der Waals surface area (Å²) >= 11 is 11.7. The van der Waals surface area contributed by atoms with Crippen molar-refractivity contribution in [3.05, 3.63) is 58.1 Å². The lowest BCUT2D eigenvalue weighted by Crippen LogP contribution is -2.11. The molecular formula is C13H11Cl3N2O. The Kier molecular flexibility index (Phi) is 5.48. The largest absolute Gasteiger partial charge is 0.399 e. The van der Waals surface area contributed by atoms with Gasteiger partial charge < -0.3 is 11.1 Å². The topological polar surface area (TPSA) is 55.1 Å². The van der Waals surface area contributed by atoms with E-state index in [1.807, 2.05) is 0 Å². The predicted octanol–water partition coefficient (Wildman–Crippen LogP) is 4.25. The molecule has 1 amide bonds. The van der Waals surface area contributed by atoms with Crippen molar-refractivity contribution < 1.29 is 4.79 Å². The minimum atomic E-state index is -0.274. The molecule has 0 unspecified atom stereocenters. The molecule has 0 spiro atoms. The predicted molar refractivity (Wildman–Crippen MR) is 82.5 cm³/mol. The van der Waals surface area contributed by atoms with Crippen LogP contribution in [0.3, 0.4) is 0 Å². The molecule has 0 atom stereocenters. The number of anilines is 2. The maximum Gasteiger partial charge on any atom is 0.255 e. The van der Waals surface area contributed by atoms with Crippen molar-refractivity contribution >= 4 is 52.9 Å². The van der Waals surface area contributed by atoms with E-state index >= 15 is 0 Å². The van der Waals surface area contributed by atoms with Crippen LogP contribution in [0, 0.1) is 0 Å². The Hall–Kier alpha value is -1.42. The molecule has 0 saturated heterocycles. The third-order valence-corrected chi connectivity index (χ3v) is 2.73. The summed E-state index contributed by atoms with van der Waals surface area (Å²) < 4.78 is 0. The number of halogens is 3. The van der Waals surface area contributed by atoms with Crippen LogP contribution in [0.4, 0.5) is 11.4 Å². The van der Waals surface area contributed by atoms with Crippen LogP contribution in [0.5, 0.6) is 0 Å². The van der Waals surface area contributed by atoms with Crippen molar-refractivity contribution in [3.8, 4) is 0 Å². The molecule has 0 aliphatic carbocycles. The summed E-state index contributed by atoms with van der Waals surface area (Å²) in [6.45, 7) is 0. The van der Waals surface area contributed by atoms with Crippen molar-refractivity contribution in [2.24, 2.45) is 0 Å². The average molecular weight is 318 g/mol. The van der Waals surface area contributed by atoms with Crippen molar-refractivity contribution in [2.75, 3.05) is 11.1 Å². The van der Waals surface area contributed by atoms with Crippen molar-refractivity contribution in [2.45, 2.75) is 0 Å². The molecule has 0 aromatic heterocycles. The summed E-state index contributed by atoms with van der Waals surface area (Å²) in [5, 5.41) is 3.57. The third-order valence-electron chi connectivity index (χ3n) is 2.29. The minimum absolute atomic E-state index is 0. The molecule has 0 radical (unpaired) electrons. The van der Waals surface area contributed by atoms with E-state index in [0.717, 1.165) is 0 Å². The highest BCUT2D eigenvalue weighted by atomic mass is 35.5. The van der Waals surface area contributed by atoms with Crippen LogP contribution in [0.1, 0.15) is 10.4 Å². The Bertz CT molecular complexity index is 565. The fraction of sp³-hybridized carbons (Fsp3) is 0. The van der Waals surface area contributed by atoms with Gasteiger partial charge in [0, 0.05) is 27.0 Å². The zero-order chi connectivity index (χ0) is 13.1. The SMILES string of the molecule is Cl.Nc1ccc(NC(=O)c2cc(Cl)cc(Cl)c2)cc1. The van der Waals surface area contributed by atoms with E-state index in [4.69, 9.17) is 28.9 Å². The van der Waals surface area contributed by atoms with Crippen LogP contribution in [0.2, 0.25) is 10.0 Å². The first-order valence-corrected chi connectivity index (χ1v) is 5.93. The average Bonchev–Trinajstić information content (AvgIpc) is 2.31. The van der Waals surface area contributed by atoms with Gasteiger partial charge in [0.1, 0.15) is 0 Å². The van der Waals surface area contributed by atoms with Gasteiger partial charge in [-0.2, -0.15) is 0 Å². The van der Waals surface area contributed by atoms with E-state index in [1.54, 1.807) is 42.5 Å². The molecule has 0 fully saturated rings. The molecule has 2 aromatic rings. The second-order valence-corrected chi connectivity index (χ2v) is 4.61. The van der Waals surface area contributed by atoms with Gasteiger partial charge >= 0.3 is 0 Å². The summed E-state index contributed by atoms with van der Waals surface area (Å²) in [7, 11) is 0. The number of rotatable bonds is 2. The van der Waals surface area contributed by atoms with Crippen LogP contribution in [0.15, 0.2) is 42.5 Å². The van der Waals surface area contributed by atoms with Crippen LogP contribution in [0.25, 0.3) is 0 Å². The summed E-state index contributed by atoms with van der Waals surface area (Å²) in [5.41, 5.74) is 7.26. The Morgan fingerprint density at radius 3 is 2.05 bits per heavy atom. The monoisotopic (exact) mass is 316 g/mol. The number of hydrogen-bond donors (Lipinski definition) is 2. The van der Waals surface area contributed by atoms with Gasteiger partial charge in [0.25, 0.3) is 5.91 Å². The fourth-order valence-corrected chi connectivity index (χ4v) is 1.98. The summed E-state index contributed by atoms with van der Waals surface area (Å²) in [6.07, 6.45) is 0. The highest BCUT2D eigenvalue weighted by molar-refractivity contribution is 6.35. The van der Waals surface area contributed by atoms with Crippen LogP contribution in [-0.4, -0.2) is 5.91 Å². The van der Waals surface area contributed by atoms with E-state index < -0.39 is 0 Å². The zero-order valence-corrected chi connectivity index (χ0v) is 12.0. The number of nitrogen functional groups attached to an aromatic ring is 1. The summed E-state index contributed by atoms with van der Waals surface area (Å²) in [6, 6.07) is 11.5. The molecule has 0 saturated carbocycles. The molecule has 0 aliphatic rings. The number of benzene rings is 2. The quantitative estimate of drug-likeness (QED) is 0.814. The number of nitrogens with one attached hydrogen (secondary N) is 1. The molecular weight excluding hydrogens is 307 g/mol. The van der Waals surface area contributed by atoms with Crippen LogP contribution < -0.4 is 11.1 Å². The Balaban J connectivity index is 0.00000180. The summed E-state index contributed by atoms with van der Waals surface area (Å²) in [4.78, 5) is 11.9. The number of carbonyl (C=O) groups excluding carboxylic acids is 1. The molecule has 0 bridgehead atoms. The van der Waals surface area contributed by atoms with Crippen molar-refractivity contribution in [1.82, 2.24) is 0 Å². The lowest BCUT2D eigenvalue weighted by Gasteiger charge is -2.06. The first-order chi connectivity index (χ1) is 8.54. The molecule has 3 nitrogen and oxygen atoms in total. The Morgan fingerprint density at radius 1 is 1.00 bits per heavy atom. The second-order valence-electron chi connectivity index (χ2n) is 3.73. The third kappa shape index (κ3) is 4.31. The van der Waals surface area contributed by atoms with Gasteiger partial charge in [-0.3, -0.25) is 4.79 Å². The fourth-order valence-electron chi connectivity index (χ4n) is 1.45. The molecule has 2 aromatic carbocycles. The van der Waals surface area contributed by atoms with E-state index in [9.17, 15) is 4.79 Å². The molecule has 0 aliphatic heterocycles. The Morgan fingerprint density at radius 2 is 1.53 bits per heavy atom. The molecule has 2 rings (SSSR count). The van der Waals surface area contributed by atoms with Gasteiger partial charge in [-0.1, -0.05) is 23.2 Å². The smallest absolute Gasteiger partial charge is 0.255 e. The highest BCUT2D eigenvalue weighted by Gasteiger charge is 2.08. The van der Waals surface area contributed by atoms with Gasteiger partial charge in [0.15, 0.2) is 0 Å². The normalized spacial score (nSPS) is 9.58. The second kappa shape index (κ2) is 6.66. The van der Waals surface area contributed by atoms with Gasteiger partial charge in [0.05, 0.1) is 0 Å². The number of hydrogen-bond acceptors (Lipinski definition) is 2. The lowest BCUT2D eigenvalue weighted by molar-refractivity contribution is 0.102. The maximum absolute atomic E-state index is 11.9. The molecule has 3 N–H and O–H groups in total.